The largest absolute Gasteiger partial charge is 0.328 e. The van der Waals surface area contributed by atoms with Crippen molar-refractivity contribution in [3.63, 3.8) is 0 Å². The molecule has 1 aliphatic rings. The molecule has 3 heteroatoms. The standard InChI is InChI=1S/C10H23N3/c1-9(11)8-10(2,3)13-6-4-12-5-7-13/h9,12H,4-8,11H2,1-3H3. The first-order valence-corrected chi connectivity index (χ1v) is 5.24. The summed E-state index contributed by atoms with van der Waals surface area (Å²) in [6, 6.07) is 0.296. The van der Waals surface area contributed by atoms with E-state index in [9.17, 15) is 0 Å². The number of rotatable bonds is 3. The normalized spacial score (nSPS) is 23.1. The maximum atomic E-state index is 5.84. The van der Waals surface area contributed by atoms with Crippen molar-refractivity contribution in [1.82, 2.24) is 10.2 Å². The lowest BCUT2D eigenvalue weighted by Crippen LogP contribution is -2.54. The molecular weight excluding hydrogens is 162 g/mol. The average molecular weight is 185 g/mol. The van der Waals surface area contributed by atoms with Crippen molar-refractivity contribution in [2.45, 2.75) is 38.8 Å². The second-order valence-corrected chi connectivity index (χ2v) is 4.73. The summed E-state index contributed by atoms with van der Waals surface area (Å²) in [4.78, 5) is 2.53. The van der Waals surface area contributed by atoms with E-state index in [-0.39, 0.29) is 5.54 Å². The molecule has 0 aromatic rings. The van der Waals surface area contributed by atoms with E-state index in [2.05, 4.69) is 31.0 Å². The topological polar surface area (TPSA) is 41.3 Å². The van der Waals surface area contributed by atoms with E-state index in [4.69, 9.17) is 5.73 Å². The van der Waals surface area contributed by atoms with Crippen molar-refractivity contribution in [3.05, 3.63) is 0 Å². The van der Waals surface area contributed by atoms with Gasteiger partial charge in [-0.1, -0.05) is 0 Å². The number of nitrogens with two attached hydrogens (primary N) is 1. The SMILES string of the molecule is CC(N)CC(C)(C)N1CCNCC1. The number of nitrogens with one attached hydrogen (secondary N) is 1. The lowest BCUT2D eigenvalue weighted by atomic mass is 9.93. The van der Waals surface area contributed by atoms with Gasteiger partial charge in [-0.15, -0.1) is 0 Å². The average Bonchev–Trinajstić information content (AvgIpc) is 2.04. The summed E-state index contributed by atoms with van der Waals surface area (Å²) >= 11 is 0. The number of hydrogen-bond donors (Lipinski definition) is 2. The summed E-state index contributed by atoms with van der Waals surface area (Å²) < 4.78 is 0. The van der Waals surface area contributed by atoms with Gasteiger partial charge < -0.3 is 11.1 Å². The second-order valence-electron chi connectivity index (χ2n) is 4.73. The maximum absolute atomic E-state index is 5.84. The van der Waals surface area contributed by atoms with Gasteiger partial charge in [-0.3, -0.25) is 4.90 Å². The highest BCUT2D eigenvalue weighted by atomic mass is 15.2. The van der Waals surface area contributed by atoms with E-state index in [1.807, 2.05) is 0 Å². The van der Waals surface area contributed by atoms with E-state index in [1.165, 1.54) is 0 Å². The van der Waals surface area contributed by atoms with Gasteiger partial charge in [-0.25, -0.2) is 0 Å². The smallest absolute Gasteiger partial charge is 0.0168 e. The van der Waals surface area contributed by atoms with Crippen molar-refractivity contribution in [3.8, 4) is 0 Å². The van der Waals surface area contributed by atoms with Crippen LogP contribution in [0.5, 0.6) is 0 Å². The Bertz CT molecular complexity index is 148. The minimum Gasteiger partial charge on any atom is -0.328 e. The Morgan fingerprint density at radius 2 is 1.92 bits per heavy atom. The van der Waals surface area contributed by atoms with E-state index >= 15 is 0 Å². The molecule has 1 unspecified atom stereocenters. The van der Waals surface area contributed by atoms with Crippen molar-refractivity contribution in [2.24, 2.45) is 5.73 Å². The van der Waals surface area contributed by atoms with Gasteiger partial charge in [-0.05, 0) is 27.2 Å². The van der Waals surface area contributed by atoms with E-state index in [0.717, 1.165) is 32.6 Å². The number of nitrogens with zero attached hydrogens (tertiary/aromatic N) is 1. The molecule has 0 radical (unpaired) electrons. The Hall–Kier alpha value is -0.120. The van der Waals surface area contributed by atoms with Crippen LogP contribution in [0.15, 0.2) is 0 Å². The summed E-state index contributed by atoms with van der Waals surface area (Å²) in [6.07, 6.45) is 1.08. The molecule has 0 aliphatic carbocycles. The fourth-order valence-corrected chi connectivity index (χ4v) is 2.19. The molecule has 1 fully saturated rings. The van der Waals surface area contributed by atoms with Crippen LogP contribution in [0.1, 0.15) is 27.2 Å². The highest BCUT2D eigenvalue weighted by molar-refractivity contribution is 4.86. The van der Waals surface area contributed by atoms with Crippen LogP contribution in [0.25, 0.3) is 0 Å². The minimum absolute atomic E-state index is 0.260. The lowest BCUT2D eigenvalue weighted by Gasteiger charge is -2.42. The van der Waals surface area contributed by atoms with Gasteiger partial charge in [0.2, 0.25) is 0 Å². The molecule has 0 saturated carbocycles. The van der Waals surface area contributed by atoms with Crippen LogP contribution in [-0.4, -0.2) is 42.7 Å². The quantitative estimate of drug-likeness (QED) is 0.669. The highest BCUT2D eigenvalue weighted by Crippen LogP contribution is 2.20. The Morgan fingerprint density at radius 3 is 2.38 bits per heavy atom. The molecule has 1 rings (SSSR count). The third-order valence-corrected chi connectivity index (χ3v) is 2.79. The number of hydrogen-bond acceptors (Lipinski definition) is 3. The maximum Gasteiger partial charge on any atom is 0.0168 e. The zero-order valence-electron chi connectivity index (χ0n) is 9.14. The van der Waals surface area contributed by atoms with E-state index < -0.39 is 0 Å². The van der Waals surface area contributed by atoms with Crippen LogP contribution in [0.4, 0.5) is 0 Å². The molecule has 1 atom stereocenters. The van der Waals surface area contributed by atoms with Crippen LogP contribution in [-0.2, 0) is 0 Å². The monoisotopic (exact) mass is 185 g/mol. The van der Waals surface area contributed by atoms with Gasteiger partial charge in [0, 0.05) is 37.8 Å². The van der Waals surface area contributed by atoms with Gasteiger partial charge in [0.25, 0.3) is 0 Å². The second kappa shape index (κ2) is 4.40. The molecule has 1 heterocycles. The number of piperazine rings is 1. The van der Waals surface area contributed by atoms with Crippen LogP contribution in [0, 0.1) is 0 Å². The van der Waals surface area contributed by atoms with Crippen molar-refractivity contribution in [2.75, 3.05) is 26.2 Å². The molecule has 3 nitrogen and oxygen atoms in total. The zero-order valence-corrected chi connectivity index (χ0v) is 9.14. The summed E-state index contributed by atoms with van der Waals surface area (Å²) in [5.41, 5.74) is 6.10. The third-order valence-electron chi connectivity index (χ3n) is 2.79. The Morgan fingerprint density at radius 1 is 1.38 bits per heavy atom. The Balaban J connectivity index is 2.45. The molecule has 1 aliphatic heterocycles. The van der Waals surface area contributed by atoms with Crippen LogP contribution in [0.3, 0.4) is 0 Å². The van der Waals surface area contributed by atoms with Gasteiger partial charge >= 0.3 is 0 Å². The molecule has 0 bridgehead atoms. The third kappa shape index (κ3) is 3.25. The van der Waals surface area contributed by atoms with Crippen molar-refractivity contribution in [1.29, 1.82) is 0 Å². The molecule has 0 amide bonds. The fraction of sp³-hybridized carbons (Fsp3) is 1.00. The van der Waals surface area contributed by atoms with Gasteiger partial charge in [0.1, 0.15) is 0 Å². The molecule has 1 saturated heterocycles. The molecule has 0 spiro atoms. The summed E-state index contributed by atoms with van der Waals surface area (Å²) in [5.74, 6) is 0. The van der Waals surface area contributed by atoms with Gasteiger partial charge in [-0.2, -0.15) is 0 Å². The first kappa shape index (κ1) is 11.0. The van der Waals surface area contributed by atoms with Crippen LogP contribution < -0.4 is 11.1 Å². The van der Waals surface area contributed by atoms with E-state index in [1.54, 1.807) is 0 Å². The first-order chi connectivity index (χ1) is 6.02. The Labute approximate surface area is 81.7 Å². The molecule has 3 N–H and O–H groups in total. The minimum atomic E-state index is 0.260. The highest BCUT2D eigenvalue weighted by Gasteiger charge is 2.28. The predicted octanol–water partition coefficient (Wildman–Crippen LogP) is 0.408. The van der Waals surface area contributed by atoms with E-state index in [0.29, 0.717) is 6.04 Å². The predicted molar refractivity (Wildman–Crippen MR) is 56.8 cm³/mol. The van der Waals surface area contributed by atoms with Crippen molar-refractivity contribution < 1.29 is 0 Å². The van der Waals surface area contributed by atoms with Crippen molar-refractivity contribution >= 4 is 0 Å². The molecule has 0 aromatic carbocycles. The first-order valence-electron chi connectivity index (χ1n) is 5.24. The molecule has 13 heavy (non-hydrogen) atoms. The van der Waals surface area contributed by atoms with Gasteiger partial charge in [0.05, 0.1) is 0 Å². The molecule has 0 aromatic heterocycles. The van der Waals surface area contributed by atoms with Crippen LogP contribution >= 0.6 is 0 Å². The summed E-state index contributed by atoms with van der Waals surface area (Å²) in [6.45, 7) is 11.2. The fourth-order valence-electron chi connectivity index (χ4n) is 2.19. The zero-order chi connectivity index (χ0) is 9.90. The lowest BCUT2D eigenvalue weighted by molar-refractivity contribution is 0.0909. The Kier molecular flexibility index (Phi) is 3.71. The summed E-state index contributed by atoms with van der Waals surface area (Å²) in [5, 5.41) is 3.37. The molecule has 78 valence electrons. The molecular formula is C10H23N3. The van der Waals surface area contributed by atoms with Gasteiger partial charge in [0.15, 0.2) is 0 Å². The van der Waals surface area contributed by atoms with Crippen LogP contribution in [0.2, 0.25) is 0 Å². The summed E-state index contributed by atoms with van der Waals surface area (Å²) in [7, 11) is 0.